The van der Waals surface area contributed by atoms with Crippen molar-refractivity contribution in [1.82, 2.24) is 10.5 Å². The minimum atomic E-state index is -0.247. The second kappa shape index (κ2) is 6.19. The number of nitrogens with one attached hydrogen (secondary N) is 1. The Labute approximate surface area is 113 Å². The highest BCUT2D eigenvalue weighted by Gasteiger charge is 2.25. The van der Waals surface area contributed by atoms with E-state index in [1.165, 1.54) is 0 Å². The first-order valence-electron chi connectivity index (χ1n) is 6.94. The monoisotopic (exact) mass is 266 g/mol. The van der Waals surface area contributed by atoms with Gasteiger partial charge in [0.05, 0.1) is 11.8 Å². The molecule has 1 fully saturated rings. The summed E-state index contributed by atoms with van der Waals surface area (Å²) >= 11 is 0. The lowest BCUT2D eigenvalue weighted by Gasteiger charge is -2.14. The molecule has 0 spiro atoms. The molecule has 0 bridgehead atoms. The van der Waals surface area contributed by atoms with Gasteiger partial charge in [0, 0.05) is 24.4 Å². The van der Waals surface area contributed by atoms with Gasteiger partial charge in [-0.25, -0.2) is 0 Å². The van der Waals surface area contributed by atoms with E-state index in [-0.39, 0.29) is 17.9 Å². The van der Waals surface area contributed by atoms with Gasteiger partial charge in [-0.3, -0.25) is 4.79 Å². The standard InChI is InChI=1S/C14H22N2O3/c1-9-12(10(2)19-16-9)6-7-14(18)15-8-11-4-3-5-13(11)17/h11,13,17H,3-8H2,1-2H3,(H,15,18). The van der Waals surface area contributed by atoms with Gasteiger partial charge in [-0.05, 0) is 33.1 Å². The molecule has 2 atom stereocenters. The van der Waals surface area contributed by atoms with E-state index in [4.69, 9.17) is 4.52 Å². The fourth-order valence-electron chi connectivity index (χ4n) is 2.69. The van der Waals surface area contributed by atoms with E-state index in [2.05, 4.69) is 10.5 Å². The van der Waals surface area contributed by atoms with Crippen LogP contribution in [0.5, 0.6) is 0 Å². The van der Waals surface area contributed by atoms with Gasteiger partial charge < -0.3 is 14.9 Å². The zero-order valence-electron chi connectivity index (χ0n) is 11.6. The van der Waals surface area contributed by atoms with E-state index in [0.717, 1.165) is 36.3 Å². The number of aromatic nitrogens is 1. The lowest BCUT2D eigenvalue weighted by Crippen LogP contribution is -2.32. The molecule has 1 aromatic heterocycles. The number of carbonyl (C=O) groups is 1. The number of rotatable bonds is 5. The summed E-state index contributed by atoms with van der Waals surface area (Å²) in [5, 5.41) is 16.5. The molecular formula is C14H22N2O3. The van der Waals surface area contributed by atoms with Gasteiger partial charge in [-0.1, -0.05) is 11.6 Å². The normalized spacial score (nSPS) is 22.7. The van der Waals surface area contributed by atoms with Crippen molar-refractivity contribution in [1.29, 1.82) is 0 Å². The molecule has 5 heteroatoms. The topological polar surface area (TPSA) is 75.4 Å². The molecule has 5 nitrogen and oxygen atoms in total. The number of hydrogen-bond acceptors (Lipinski definition) is 4. The smallest absolute Gasteiger partial charge is 0.220 e. The van der Waals surface area contributed by atoms with Gasteiger partial charge >= 0.3 is 0 Å². The van der Waals surface area contributed by atoms with Crippen molar-refractivity contribution in [3.8, 4) is 0 Å². The third-order valence-corrected chi connectivity index (χ3v) is 3.96. The minimum Gasteiger partial charge on any atom is -0.393 e. The summed E-state index contributed by atoms with van der Waals surface area (Å²) in [4.78, 5) is 11.8. The van der Waals surface area contributed by atoms with E-state index >= 15 is 0 Å². The van der Waals surface area contributed by atoms with Crippen molar-refractivity contribution in [3.63, 3.8) is 0 Å². The van der Waals surface area contributed by atoms with Gasteiger partial charge in [-0.2, -0.15) is 0 Å². The summed E-state index contributed by atoms with van der Waals surface area (Å²) < 4.78 is 5.07. The Hall–Kier alpha value is -1.36. The Morgan fingerprint density at radius 1 is 1.47 bits per heavy atom. The quantitative estimate of drug-likeness (QED) is 0.847. The maximum absolute atomic E-state index is 11.8. The van der Waals surface area contributed by atoms with E-state index in [1.807, 2.05) is 13.8 Å². The molecule has 1 aliphatic carbocycles. The fourth-order valence-corrected chi connectivity index (χ4v) is 2.69. The number of carbonyl (C=O) groups excluding carboxylic acids is 1. The van der Waals surface area contributed by atoms with Crippen LogP contribution in [0.1, 0.15) is 42.7 Å². The molecule has 2 N–H and O–H groups in total. The summed E-state index contributed by atoms with van der Waals surface area (Å²) in [5.41, 5.74) is 1.88. The first-order valence-corrected chi connectivity index (χ1v) is 6.94. The first-order chi connectivity index (χ1) is 9.08. The van der Waals surface area contributed by atoms with Crippen LogP contribution < -0.4 is 5.32 Å². The Bertz CT molecular complexity index is 422. The van der Waals surface area contributed by atoms with Crippen molar-refractivity contribution < 1.29 is 14.4 Å². The lowest BCUT2D eigenvalue weighted by molar-refractivity contribution is -0.121. The maximum Gasteiger partial charge on any atom is 0.220 e. The Morgan fingerprint density at radius 3 is 2.84 bits per heavy atom. The van der Waals surface area contributed by atoms with E-state index in [9.17, 15) is 9.90 Å². The van der Waals surface area contributed by atoms with E-state index in [1.54, 1.807) is 0 Å². The van der Waals surface area contributed by atoms with Gasteiger partial charge in [0.15, 0.2) is 0 Å². The second-order valence-corrected chi connectivity index (χ2v) is 5.37. The predicted molar refractivity (Wildman–Crippen MR) is 70.7 cm³/mol. The van der Waals surface area contributed by atoms with Crippen LogP contribution in [0.4, 0.5) is 0 Å². The van der Waals surface area contributed by atoms with Gasteiger partial charge in [0.25, 0.3) is 0 Å². The summed E-state index contributed by atoms with van der Waals surface area (Å²) in [6.07, 6.45) is 3.76. The first kappa shape index (κ1) is 14.1. The van der Waals surface area contributed by atoms with Crippen LogP contribution in [-0.2, 0) is 11.2 Å². The molecule has 1 amide bonds. The van der Waals surface area contributed by atoms with Gasteiger partial charge in [0.1, 0.15) is 5.76 Å². The van der Waals surface area contributed by atoms with Crippen LogP contribution in [0.15, 0.2) is 4.52 Å². The van der Waals surface area contributed by atoms with Crippen LogP contribution in [-0.4, -0.2) is 28.8 Å². The highest BCUT2D eigenvalue weighted by molar-refractivity contribution is 5.76. The Morgan fingerprint density at radius 2 is 2.26 bits per heavy atom. The number of aliphatic hydroxyl groups is 1. The van der Waals surface area contributed by atoms with Crippen molar-refractivity contribution in [3.05, 3.63) is 17.0 Å². The molecule has 0 aliphatic heterocycles. The lowest BCUT2D eigenvalue weighted by atomic mass is 10.1. The largest absolute Gasteiger partial charge is 0.393 e. The van der Waals surface area contributed by atoms with Crippen molar-refractivity contribution in [2.24, 2.45) is 5.92 Å². The Balaban J connectivity index is 1.73. The molecular weight excluding hydrogens is 244 g/mol. The van der Waals surface area contributed by atoms with Crippen molar-refractivity contribution >= 4 is 5.91 Å². The third kappa shape index (κ3) is 3.56. The summed E-state index contributed by atoms with van der Waals surface area (Å²) in [5.74, 6) is 1.04. The molecule has 1 saturated carbocycles. The molecule has 19 heavy (non-hydrogen) atoms. The summed E-state index contributed by atoms with van der Waals surface area (Å²) in [6.45, 7) is 4.34. The predicted octanol–water partition coefficient (Wildman–Crippen LogP) is 1.50. The summed E-state index contributed by atoms with van der Waals surface area (Å²) in [6, 6.07) is 0. The molecule has 1 aromatic rings. The number of amides is 1. The van der Waals surface area contributed by atoms with Gasteiger partial charge in [-0.15, -0.1) is 0 Å². The average Bonchev–Trinajstić information content (AvgIpc) is 2.92. The zero-order valence-corrected chi connectivity index (χ0v) is 11.6. The van der Waals surface area contributed by atoms with Gasteiger partial charge in [0.2, 0.25) is 5.91 Å². The zero-order chi connectivity index (χ0) is 13.8. The minimum absolute atomic E-state index is 0.0269. The molecule has 0 saturated heterocycles. The average molecular weight is 266 g/mol. The van der Waals surface area contributed by atoms with Crippen molar-refractivity contribution in [2.45, 2.75) is 52.1 Å². The van der Waals surface area contributed by atoms with Crippen molar-refractivity contribution in [2.75, 3.05) is 6.54 Å². The van der Waals surface area contributed by atoms with Crippen LogP contribution in [0, 0.1) is 19.8 Å². The van der Waals surface area contributed by atoms with Crippen LogP contribution in [0.25, 0.3) is 0 Å². The molecule has 106 valence electrons. The Kier molecular flexibility index (Phi) is 4.58. The number of hydrogen-bond donors (Lipinski definition) is 2. The molecule has 1 aliphatic rings. The third-order valence-electron chi connectivity index (χ3n) is 3.96. The number of aliphatic hydroxyl groups excluding tert-OH is 1. The molecule has 2 rings (SSSR count). The highest BCUT2D eigenvalue weighted by Crippen LogP contribution is 2.24. The van der Waals surface area contributed by atoms with Crippen LogP contribution in [0.3, 0.4) is 0 Å². The molecule has 1 heterocycles. The molecule has 2 unspecified atom stereocenters. The number of aryl methyl sites for hydroxylation is 2. The highest BCUT2D eigenvalue weighted by atomic mass is 16.5. The molecule has 0 aromatic carbocycles. The second-order valence-electron chi connectivity index (χ2n) is 5.37. The number of nitrogens with zero attached hydrogens (tertiary/aromatic N) is 1. The summed E-state index contributed by atoms with van der Waals surface area (Å²) in [7, 11) is 0. The van der Waals surface area contributed by atoms with E-state index < -0.39 is 0 Å². The SMILES string of the molecule is Cc1noc(C)c1CCC(=O)NCC1CCCC1O. The van der Waals surface area contributed by atoms with Crippen LogP contribution >= 0.6 is 0 Å². The maximum atomic E-state index is 11.8. The van der Waals surface area contributed by atoms with E-state index in [0.29, 0.717) is 19.4 Å². The molecule has 0 radical (unpaired) electrons. The van der Waals surface area contributed by atoms with Crippen LogP contribution in [0.2, 0.25) is 0 Å². The fraction of sp³-hybridized carbons (Fsp3) is 0.714.